The van der Waals surface area contributed by atoms with E-state index < -0.39 is 0 Å². The number of para-hydroxylation sites is 1. The third-order valence-corrected chi connectivity index (χ3v) is 3.08. The Labute approximate surface area is 82.1 Å². The van der Waals surface area contributed by atoms with Crippen LogP contribution in [0.1, 0.15) is 12.0 Å². The quantitative estimate of drug-likeness (QED) is 0.674. The molecule has 1 spiro atoms. The van der Waals surface area contributed by atoms with Crippen molar-refractivity contribution in [2.75, 3.05) is 13.1 Å². The first-order chi connectivity index (χ1) is 6.79. The first-order valence-corrected chi connectivity index (χ1v) is 4.96. The van der Waals surface area contributed by atoms with E-state index in [0.717, 1.165) is 31.5 Å². The lowest BCUT2D eigenvalue weighted by Crippen LogP contribution is -2.36. The van der Waals surface area contributed by atoms with Crippen molar-refractivity contribution in [3.63, 3.8) is 0 Å². The Kier molecular flexibility index (Phi) is 1.59. The molecule has 2 nitrogen and oxygen atoms in total. The van der Waals surface area contributed by atoms with E-state index in [1.807, 2.05) is 6.07 Å². The maximum absolute atomic E-state index is 13.4. The van der Waals surface area contributed by atoms with Crippen LogP contribution in [-0.4, -0.2) is 18.7 Å². The third-order valence-electron chi connectivity index (χ3n) is 3.08. The van der Waals surface area contributed by atoms with Gasteiger partial charge >= 0.3 is 0 Å². The molecular formula is C11H12FNO. The molecule has 2 aliphatic heterocycles. The molecule has 1 atom stereocenters. The number of fused-ring (bicyclic) bond motifs is 1. The monoisotopic (exact) mass is 193 g/mol. The molecule has 1 aromatic carbocycles. The molecule has 0 saturated carbocycles. The second-order valence-electron chi connectivity index (χ2n) is 4.12. The van der Waals surface area contributed by atoms with Crippen molar-refractivity contribution in [2.24, 2.45) is 0 Å². The van der Waals surface area contributed by atoms with Gasteiger partial charge in [0, 0.05) is 24.9 Å². The minimum Gasteiger partial charge on any atom is -0.482 e. The standard InChI is InChI=1S/C11H12FNO/c12-9-3-1-2-8-6-11(14-10(8)9)4-5-13-7-11/h1-3,13H,4-7H2. The summed E-state index contributed by atoms with van der Waals surface area (Å²) < 4.78 is 19.1. The normalized spacial score (nSPS) is 29.2. The molecule has 2 heterocycles. The first kappa shape index (κ1) is 8.24. The molecule has 3 heteroatoms. The van der Waals surface area contributed by atoms with Gasteiger partial charge in [0.05, 0.1) is 0 Å². The molecular weight excluding hydrogens is 181 g/mol. The van der Waals surface area contributed by atoms with Gasteiger partial charge in [0.2, 0.25) is 0 Å². The van der Waals surface area contributed by atoms with Crippen molar-refractivity contribution in [1.82, 2.24) is 5.32 Å². The van der Waals surface area contributed by atoms with Crippen molar-refractivity contribution >= 4 is 0 Å². The van der Waals surface area contributed by atoms with Crippen LogP contribution in [0.2, 0.25) is 0 Å². The summed E-state index contributed by atoms with van der Waals surface area (Å²) in [5, 5.41) is 3.26. The molecule has 1 aromatic rings. The van der Waals surface area contributed by atoms with Crippen molar-refractivity contribution in [1.29, 1.82) is 0 Å². The van der Waals surface area contributed by atoms with Crippen LogP contribution in [0.3, 0.4) is 0 Å². The van der Waals surface area contributed by atoms with Gasteiger partial charge in [0.15, 0.2) is 11.6 Å². The van der Waals surface area contributed by atoms with E-state index in [1.54, 1.807) is 6.07 Å². The number of halogens is 1. The number of benzene rings is 1. The molecule has 2 aliphatic rings. The van der Waals surface area contributed by atoms with E-state index in [4.69, 9.17) is 4.74 Å². The van der Waals surface area contributed by atoms with Crippen LogP contribution in [0.5, 0.6) is 5.75 Å². The lowest BCUT2D eigenvalue weighted by atomic mass is 9.96. The van der Waals surface area contributed by atoms with Gasteiger partial charge in [-0.05, 0) is 12.6 Å². The number of ether oxygens (including phenoxy) is 1. The topological polar surface area (TPSA) is 21.3 Å². The fraction of sp³-hybridized carbons (Fsp3) is 0.455. The van der Waals surface area contributed by atoms with Crippen molar-refractivity contribution in [2.45, 2.75) is 18.4 Å². The fourth-order valence-electron chi connectivity index (χ4n) is 2.37. The Hall–Kier alpha value is -1.09. The minimum absolute atomic E-state index is 0.162. The van der Waals surface area contributed by atoms with Crippen LogP contribution < -0.4 is 10.1 Å². The smallest absolute Gasteiger partial charge is 0.165 e. The second-order valence-corrected chi connectivity index (χ2v) is 4.12. The number of rotatable bonds is 0. The van der Waals surface area contributed by atoms with Crippen LogP contribution in [-0.2, 0) is 6.42 Å². The van der Waals surface area contributed by atoms with E-state index in [1.165, 1.54) is 6.07 Å². The third kappa shape index (κ3) is 1.05. The van der Waals surface area contributed by atoms with E-state index in [2.05, 4.69) is 5.32 Å². The molecule has 1 saturated heterocycles. The van der Waals surface area contributed by atoms with Crippen LogP contribution in [0.25, 0.3) is 0 Å². The summed E-state index contributed by atoms with van der Waals surface area (Å²) in [6.45, 7) is 1.80. The highest BCUT2D eigenvalue weighted by Crippen LogP contribution is 2.39. The van der Waals surface area contributed by atoms with Crippen molar-refractivity contribution in [3.8, 4) is 5.75 Å². The Morgan fingerprint density at radius 3 is 3.07 bits per heavy atom. The van der Waals surface area contributed by atoms with Crippen molar-refractivity contribution < 1.29 is 9.13 Å². The number of hydrogen-bond donors (Lipinski definition) is 1. The molecule has 14 heavy (non-hydrogen) atoms. The zero-order valence-electron chi connectivity index (χ0n) is 7.85. The highest BCUT2D eigenvalue weighted by molar-refractivity contribution is 5.41. The summed E-state index contributed by atoms with van der Waals surface area (Å²) in [6.07, 6.45) is 1.81. The Morgan fingerprint density at radius 2 is 2.36 bits per heavy atom. The van der Waals surface area contributed by atoms with Gasteiger partial charge in [-0.25, -0.2) is 4.39 Å². The summed E-state index contributed by atoms with van der Waals surface area (Å²) >= 11 is 0. The Balaban J connectivity index is 2.00. The summed E-state index contributed by atoms with van der Waals surface area (Å²) in [6, 6.07) is 5.16. The van der Waals surface area contributed by atoms with E-state index in [9.17, 15) is 4.39 Å². The zero-order valence-corrected chi connectivity index (χ0v) is 7.85. The summed E-state index contributed by atoms with van der Waals surface area (Å²) in [4.78, 5) is 0. The summed E-state index contributed by atoms with van der Waals surface area (Å²) in [7, 11) is 0. The lowest BCUT2D eigenvalue weighted by Gasteiger charge is -2.21. The minimum atomic E-state index is -0.230. The predicted molar refractivity (Wildman–Crippen MR) is 50.9 cm³/mol. The van der Waals surface area contributed by atoms with Crippen LogP contribution in [0.15, 0.2) is 18.2 Å². The van der Waals surface area contributed by atoms with E-state index in [-0.39, 0.29) is 11.4 Å². The summed E-state index contributed by atoms with van der Waals surface area (Å²) in [5.41, 5.74) is 0.846. The van der Waals surface area contributed by atoms with Gasteiger partial charge in [-0.15, -0.1) is 0 Å². The van der Waals surface area contributed by atoms with Gasteiger partial charge < -0.3 is 10.1 Å². The highest BCUT2D eigenvalue weighted by Gasteiger charge is 2.42. The lowest BCUT2D eigenvalue weighted by molar-refractivity contribution is 0.113. The zero-order chi connectivity index (χ0) is 9.60. The summed E-state index contributed by atoms with van der Waals surface area (Å²) in [5.74, 6) is 0.238. The van der Waals surface area contributed by atoms with Crippen LogP contribution >= 0.6 is 0 Å². The molecule has 0 amide bonds. The SMILES string of the molecule is Fc1cccc2c1OC1(CCNC1)C2. The molecule has 0 bridgehead atoms. The van der Waals surface area contributed by atoms with Gasteiger partial charge in [-0.2, -0.15) is 0 Å². The van der Waals surface area contributed by atoms with Crippen LogP contribution in [0.4, 0.5) is 4.39 Å². The van der Waals surface area contributed by atoms with Gasteiger partial charge in [-0.3, -0.25) is 0 Å². The van der Waals surface area contributed by atoms with Gasteiger partial charge in [0.1, 0.15) is 5.60 Å². The van der Waals surface area contributed by atoms with Crippen LogP contribution in [0, 0.1) is 5.82 Å². The molecule has 0 aromatic heterocycles. The number of hydrogen-bond acceptors (Lipinski definition) is 2. The first-order valence-electron chi connectivity index (χ1n) is 4.96. The fourth-order valence-corrected chi connectivity index (χ4v) is 2.37. The molecule has 74 valence electrons. The maximum atomic E-state index is 13.4. The average molecular weight is 193 g/mol. The maximum Gasteiger partial charge on any atom is 0.165 e. The molecule has 1 unspecified atom stereocenters. The molecule has 3 rings (SSSR count). The Morgan fingerprint density at radius 1 is 1.43 bits per heavy atom. The number of nitrogens with one attached hydrogen (secondary N) is 1. The van der Waals surface area contributed by atoms with Crippen molar-refractivity contribution in [3.05, 3.63) is 29.6 Å². The molecule has 0 radical (unpaired) electrons. The second kappa shape index (κ2) is 2.70. The van der Waals surface area contributed by atoms with Gasteiger partial charge in [0.25, 0.3) is 0 Å². The van der Waals surface area contributed by atoms with Gasteiger partial charge in [-0.1, -0.05) is 12.1 Å². The predicted octanol–water partition coefficient (Wildman–Crippen LogP) is 1.49. The average Bonchev–Trinajstić information content (AvgIpc) is 2.75. The molecule has 0 aliphatic carbocycles. The molecule has 1 fully saturated rings. The van der Waals surface area contributed by atoms with E-state index in [0.29, 0.717) is 5.75 Å². The van der Waals surface area contributed by atoms with E-state index >= 15 is 0 Å². The Bertz CT molecular complexity index is 372. The molecule has 1 N–H and O–H groups in total. The largest absolute Gasteiger partial charge is 0.482 e. The highest BCUT2D eigenvalue weighted by atomic mass is 19.1.